The van der Waals surface area contributed by atoms with Crippen LogP contribution in [-0.4, -0.2) is 17.7 Å². The van der Waals surface area contributed by atoms with Gasteiger partial charge in [0.2, 0.25) is 0 Å². The second kappa shape index (κ2) is 7.07. The Morgan fingerprint density at radius 1 is 1.10 bits per heavy atom. The molecule has 0 saturated carbocycles. The SMILES string of the molecule is O=C(Nc1cccc(Br)c1)Nc1ccccc1CCO. The molecule has 20 heavy (non-hydrogen) atoms. The lowest BCUT2D eigenvalue weighted by molar-refractivity contribution is 0.262. The Kier molecular flexibility index (Phi) is 5.15. The van der Waals surface area contributed by atoms with E-state index < -0.39 is 0 Å². The van der Waals surface area contributed by atoms with Gasteiger partial charge in [-0.05, 0) is 36.2 Å². The molecule has 0 atom stereocenters. The Morgan fingerprint density at radius 3 is 2.65 bits per heavy atom. The van der Waals surface area contributed by atoms with Gasteiger partial charge in [-0.1, -0.05) is 40.2 Å². The van der Waals surface area contributed by atoms with Gasteiger partial charge in [0.15, 0.2) is 0 Å². The zero-order chi connectivity index (χ0) is 14.4. The van der Waals surface area contributed by atoms with Crippen LogP contribution in [0.25, 0.3) is 0 Å². The van der Waals surface area contributed by atoms with E-state index in [0.717, 1.165) is 10.0 Å². The molecule has 2 aromatic carbocycles. The molecule has 2 aromatic rings. The number of hydrogen-bond acceptors (Lipinski definition) is 2. The predicted octanol–water partition coefficient (Wildman–Crippen LogP) is 3.63. The summed E-state index contributed by atoms with van der Waals surface area (Å²) < 4.78 is 0.899. The van der Waals surface area contributed by atoms with Gasteiger partial charge >= 0.3 is 6.03 Å². The highest BCUT2D eigenvalue weighted by molar-refractivity contribution is 9.10. The van der Waals surface area contributed by atoms with Crippen LogP contribution in [0.4, 0.5) is 16.2 Å². The van der Waals surface area contributed by atoms with E-state index in [1.54, 1.807) is 0 Å². The van der Waals surface area contributed by atoms with Crippen molar-refractivity contribution >= 4 is 33.3 Å². The predicted molar refractivity (Wildman–Crippen MR) is 84.0 cm³/mol. The molecule has 0 aromatic heterocycles. The first kappa shape index (κ1) is 14.6. The number of hydrogen-bond donors (Lipinski definition) is 3. The van der Waals surface area contributed by atoms with Crippen LogP contribution in [0.3, 0.4) is 0 Å². The molecule has 0 unspecified atom stereocenters. The van der Waals surface area contributed by atoms with Gasteiger partial charge in [0.1, 0.15) is 0 Å². The van der Waals surface area contributed by atoms with E-state index in [-0.39, 0.29) is 12.6 Å². The fourth-order valence-corrected chi connectivity index (χ4v) is 2.23. The molecule has 0 spiro atoms. The van der Waals surface area contributed by atoms with Crippen molar-refractivity contribution in [2.24, 2.45) is 0 Å². The van der Waals surface area contributed by atoms with Crippen LogP contribution in [0.5, 0.6) is 0 Å². The molecule has 5 heteroatoms. The van der Waals surface area contributed by atoms with Crippen LogP contribution in [0, 0.1) is 0 Å². The minimum atomic E-state index is -0.312. The topological polar surface area (TPSA) is 61.4 Å². The highest BCUT2D eigenvalue weighted by atomic mass is 79.9. The van der Waals surface area contributed by atoms with Gasteiger partial charge in [-0.3, -0.25) is 0 Å². The molecule has 104 valence electrons. The molecular weight excluding hydrogens is 320 g/mol. The van der Waals surface area contributed by atoms with E-state index in [9.17, 15) is 4.79 Å². The molecule has 0 aliphatic heterocycles. The Morgan fingerprint density at radius 2 is 1.90 bits per heavy atom. The van der Waals surface area contributed by atoms with Crippen molar-refractivity contribution in [3.05, 3.63) is 58.6 Å². The molecule has 2 amide bonds. The van der Waals surface area contributed by atoms with Crippen LogP contribution in [0.1, 0.15) is 5.56 Å². The van der Waals surface area contributed by atoms with Crippen LogP contribution in [-0.2, 0) is 6.42 Å². The average molecular weight is 335 g/mol. The molecular formula is C15H15BrN2O2. The number of amides is 2. The molecule has 0 heterocycles. The number of aliphatic hydroxyl groups excluding tert-OH is 1. The number of anilines is 2. The summed E-state index contributed by atoms with van der Waals surface area (Å²) in [6.45, 7) is 0.0476. The van der Waals surface area contributed by atoms with E-state index in [4.69, 9.17) is 5.11 Å². The first-order valence-electron chi connectivity index (χ1n) is 6.21. The maximum atomic E-state index is 11.9. The number of carbonyl (C=O) groups excluding carboxylic acids is 1. The lowest BCUT2D eigenvalue weighted by atomic mass is 10.1. The molecule has 4 nitrogen and oxygen atoms in total. The summed E-state index contributed by atoms with van der Waals surface area (Å²) in [7, 11) is 0. The third-order valence-electron chi connectivity index (χ3n) is 2.73. The number of benzene rings is 2. The quantitative estimate of drug-likeness (QED) is 0.799. The zero-order valence-electron chi connectivity index (χ0n) is 10.8. The second-order valence-corrected chi connectivity index (χ2v) is 5.14. The average Bonchev–Trinajstić information content (AvgIpc) is 2.41. The van der Waals surface area contributed by atoms with Crippen LogP contribution < -0.4 is 10.6 Å². The van der Waals surface area contributed by atoms with Crippen molar-refractivity contribution in [1.82, 2.24) is 0 Å². The number of rotatable bonds is 4. The van der Waals surface area contributed by atoms with Crippen LogP contribution in [0.2, 0.25) is 0 Å². The number of halogens is 1. The number of aliphatic hydroxyl groups is 1. The summed E-state index contributed by atoms with van der Waals surface area (Å²) in [5.41, 5.74) is 2.31. The summed E-state index contributed by atoms with van der Waals surface area (Å²) in [6, 6.07) is 14.5. The summed E-state index contributed by atoms with van der Waals surface area (Å²) in [5, 5.41) is 14.6. The van der Waals surface area contributed by atoms with Crippen molar-refractivity contribution in [3.63, 3.8) is 0 Å². The third-order valence-corrected chi connectivity index (χ3v) is 3.22. The van der Waals surface area contributed by atoms with Crippen LogP contribution in [0.15, 0.2) is 53.0 Å². The lowest BCUT2D eigenvalue weighted by Gasteiger charge is -2.11. The third kappa shape index (κ3) is 4.08. The number of nitrogens with one attached hydrogen (secondary N) is 2. The summed E-state index contributed by atoms with van der Waals surface area (Å²) >= 11 is 3.35. The number of carbonyl (C=O) groups is 1. The maximum Gasteiger partial charge on any atom is 0.323 e. The van der Waals surface area contributed by atoms with Gasteiger partial charge in [0.25, 0.3) is 0 Å². The molecule has 0 fully saturated rings. The van der Waals surface area contributed by atoms with Crippen LogP contribution >= 0.6 is 15.9 Å². The number of para-hydroxylation sites is 1. The molecule has 3 N–H and O–H groups in total. The smallest absolute Gasteiger partial charge is 0.323 e. The van der Waals surface area contributed by atoms with Gasteiger partial charge in [0, 0.05) is 22.5 Å². The number of urea groups is 1. The fraction of sp³-hybridized carbons (Fsp3) is 0.133. The van der Waals surface area contributed by atoms with E-state index in [2.05, 4.69) is 26.6 Å². The second-order valence-electron chi connectivity index (χ2n) is 4.22. The van der Waals surface area contributed by atoms with Crippen molar-refractivity contribution in [2.75, 3.05) is 17.2 Å². The van der Waals surface area contributed by atoms with E-state index >= 15 is 0 Å². The molecule has 0 bridgehead atoms. The largest absolute Gasteiger partial charge is 0.396 e. The molecule has 0 saturated heterocycles. The van der Waals surface area contributed by atoms with E-state index in [1.807, 2.05) is 48.5 Å². The summed E-state index contributed by atoms with van der Waals surface area (Å²) in [6.07, 6.45) is 0.507. The molecule has 2 rings (SSSR count). The Balaban J connectivity index is 2.05. The van der Waals surface area contributed by atoms with Crippen molar-refractivity contribution < 1.29 is 9.90 Å². The normalized spacial score (nSPS) is 10.1. The first-order chi connectivity index (χ1) is 9.69. The molecule has 0 aliphatic carbocycles. The first-order valence-corrected chi connectivity index (χ1v) is 7.00. The minimum absolute atomic E-state index is 0.0476. The van der Waals surface area contributed by atoms with Gasteiger partial charge in [-0.15, -0.1) is 0 Å². The van der Waals surface area contributed by atoms with E-state index in [0.29, 0.717) is 17.8 Å². The summed E-state index contributed by atoms with van der Waals surface area (Å²) in [5.74, 6) is 0. The fourth-order valence-electron chi connectivity index (χ4n) is 1.83. The standard InChI is InChI=1S/C15H15BrN2O2/c16-12-5-3-6-13(10-12)17-15(20)18-14-7-2-1-4-11(14)8-9-19/h1-7,10,19H,8-9H2,(H2,17,18,20). The lowest BCUT2D eigenvalue weighted by Crippen LogP contribution is -2.20. The van der Waals surface area contributed by atoms with Gasteiger partial charge in [-0.25, -0.2) is 4.79 Å². The van der Waals surface area contributed by atoms with Crippen molar-refractivity contribution in [3.8, 4) is 0 Å². The minimum Gasteiger partial charge on any atom is -0.396 e. The Bertz CT molecular complexity index is 602. The Labute approximate surface area is 126 Å². The molecule has 0 aliphatic rings. The zero-order valence-corrected chi connectivity index (χ0v) is 12.4. The maximum absolute atomic E-state index is 11.9. The van der Waals surface area contributed by atoms with Gasteiger partial charge in [-0.2, -0.15) is 0 Å². The van der Waals surface area contributed by atoms with Gasteiger partial charge < -0.3 is 15.7 Å². The van der Waals surface area contributed by atoms with Gasteiger partial charge in [0.05, 0.1) is 0 Å². The monoisotopic (exact) mass is 334 g/mol. The summed E-state index contributed by atoms with van der Waals surface area (Å²) in [4.78, 5) is 11.9. The Hall–Kier alpha value is -1.85. The highest BCUT2D eigenvalue weighted by Gasteiger charge is 2.06. The van der Waals surface area contributed by atoms with E-state index in [1.165, 1.54) is 0 Å². The van der Waals surface area contributed by atoms with Crippen molar-refractivity contribution in [1.29, 1.82) is 0 Å². The van der Waals surface area contributed by atoms with Crippen molar-refractivity contribution in [2.45, 2.75) is 6.42 Å². The molecule has 0 radical (unpaired) electrons. The highest BCUT2D eigenvalue weighted by Crippen LogP contribution is 2.18.